The van der Waals surface area contributed by atoms with Gasteiger partial charge in [-0.1, -0.05) is 18.5 Å². The molecule has 0 saturated carbocycles. The first-order chi connectivity index (χ1) is 7.73. The second-order valence-corrected chi connectivity index (χ2v) is 4.59. The van der Waals surface area contributed by atoms with Gasteiger partial charge in [-0.2, -0.15) is 13.2 Å². The number of nitrogens with two attached hydrogens (primary N) is 1. The molecule has 96 valence electrons. The van der Waals surface area contributed by atoms with Gasteiger partial charge in [-0.3, -0.25) is 0 Å². The summed E-state index contributed by atoms with van der Waals surface area (Å²) in [5.74, 6) is 0. The molecule has 1 aromatic rings. The molecule has 0 aliphatic carbocycles. The molecule has 6 heteroatoms. The molecule has 1 rings (SSSR count). The summed E-state index contributed by atoms with van der Waals surface area (Å²) in [6, 6.07) is 3.20. The van der Waals surface area contributed by atoms with Crippen LogP contribution in [0.3, 0.4) is 0 Å². The van der Waals surface area contributed by atoms with Crippen LogP contribution in [0.25, 0.3) is 0 Å². The van der Waals surface area contributed by atoms with Crippen molar-refractivity contribution >= 4 is 11.6 Å². The van der Waals surface area contributed by atoms with Gasteiger partial charge >= 0.3 is 6.18 Å². The Bertz CT molecular complexity index is 402. The van der Waals surface area contributed by atoms with Crippen molar-refractivity contribution in [3.8, 4) is 0 Å². The minimum Gasteiger partial charge on any atom is -0.395 e. The molecule has 0 saturated heterocycles. The average Bonchev–Trinajstić information content (AvgIpc) is 2.26. The summed E-state index contributed by atoms with van der Waals surface area (Å²) in [4.78, 5) is 0. The predicted octanol–water partition coefficient (Wildman–Crippen LogP) is 2.57. The highest BCUT2D eigenvalue weighted by Gasteiger charge is 2.33. The molecule has 3 N–H and O–H groups in total. The Morgan fingerprint density at radius 3 is 2.18 bits per heavy atom. The summed E-state index contributed by atoms with van der Waals surface area (Å²) in [7, 11) is 0. The third kappa shape index (κ3) is 3.12. The maximum absolute atomic E-state index is 12.6. The average molecular weight is 268 g/mol. The Morgan fingerprint density at radius 1 is 1.24 bits per heavy atom. The third-order valence-corrected chi connectivity index (χ3v) is 2.94. The quantitative estimate of drug-likeness (QED) is 0.884. The van der Waals surface area contributed by atoms with Gasteiger partial charge in [-0.25, -0.2) is 0 Å². The number of hydrogen-bond acceptors (Lipinski definition) is 2. The molecule has 0 amide bonds. The topological polar surface area (TPSA) is 46.2 Å². The molecule has 2 nitrogen and oxygen atoms in total. The van der Waals surface area contributed by atoms with Crippen molar-refractivity contribution in [3.05, 3.63) is 34.3 Å². The first-order valence-electron chi connectivity index (χ1n) is 4.92. The summed E-state index contributed by atoms with van der Waals surface area (Å²) < 4.78 is 37.8. The summed E-state index contributed by atoms with van der Waals surface area (Å²) >= 11 is 5.65. The lowest BCUT2D eigenvalue weighted by atomic mass is 9.82. The highest BCUT2D eigenvalue weighted by Crippen LogP contribution is 2.34. The molecule has 0 radical (unpaired) electrons. The number of hydrogen-bond donors (Lipinski definition) is 2. The molecule has 0 aromatic heterocycles. The van der Waals surface area contributed by atoms with Crippen molar-refractivity contribution in [2.45, 2.75) is 18.5 Å². The summed E-state index contributed by atoms with van der Waals surface area (Å²) in [6.45, 7) is 1.26. The van der Waals surface area contributed by atoms with Crippen molar-refractivity contribution < 1.29 is 18.3 Å². The molecule has 0 bridgehead atoms. The molecule has 0 spiro atoms. The van der Waals surface area contributed by atoms with Crippen LogP contribution in [-0.2, 0) is 11.6 Å². The molecular weight excluding hydrogens is 255 g/mol. The summed E-state index contributed by atoms with van der Waals surface area (Å²) in [5, 5.41) is 9.19. The number of halogens is 4. The molecule has 1 atom stereocenters. The Labute approximate surface area is 102 Å². The number of aliphatic hydroxyl groups excluding tert-OH is 1. The first kappa shape index (κ1) is 14.3. The lowest BCUT2D eigenvalue weighted by molar-refractivity contribution is -0.137. The Hall–Kier alpha value is -0.780. The van der Waals surface area contributed by atoms with Gasteiger partial charge in [0.15, 0.2) is 0 Å². The summed E-state index contributed by atoms with van der Waals surface area (Å²) in [6.07, 6.45) is -4.47. The molecule has 1 aromatic carbocycles. The van der Waals surface area contributed by atoms with Crippen LogP contribution in [0.15, 0.2) is 18.2 Å². The van der Waals surface area contributed by atoms with Crippen LogP contribution in [0.4, 0.5) is 13.2 Å². The fourth-order valence-electron chi connectivity index (χ4n) is 1.38. The molecule has 1 unspecified atom stereocenters. The van der Waals surface area contributed by atoms with E-state index in [2.05, 4.69) is 0 Å². The number of benzene rings is 1. The highest BCUT2D eigenvalue weighted by molar-refractivity contribution is 6.30. The Balaban J connectivity index is 3.32. The van der Waals surface area contributed by atoms with Gasteiger partial charge in [0.25, 0.3) is 0 Å². The van der Waals surface area contributed by atoms with Crippen LogP contribution in [0.5, 0.6) is 0 Å². The monoisotopic (exact) mass is 267 g/mol. The fraction of sp³-hybridized carbons (Fsp3) is 0.455. The highest BCUT2D eigenvalue weighted by atomic mass is 35.5. The summed E-state index contributed by atoms with van der Waals surface area (Å²) in [5.41, 5.74) is 3.99. The van der Waals surface area contributed by atoms with E-state index in [0.717, 1.165) is 12.1 Å². The number of rotatable bonds is 3. The number of alkyl halides is 3. The van der Waals surface area contributed by atoms with E-state index in [0.29, 0.717) is 0 Å². The van der Waals surface area contributed by atoms with Crippen LogP contribution in [-0.4, -0.2) is 18.3 Å². The van der Waals surface area contributed by atoms with Crippen LogP contribution < -0.4 is 5.73 Å². The van der Waals surface area contributed by atoms with Gasteiger partial charge in [0, 0.05) is 17.0 Å². The predicted molar refractivity (Wildman–Crippen MR) is 59.9 cm³/mol. The maximum atomic E-state index is 12.6. The van der Waals surface area contributed by atoms with E-state index < -0.39 is 17.2 Å². The van der Waals surface area contributed by atoms with E-state index >= 15 is 0 Å². The zero-order chi connectivity index (χ0) is 13.3. The fourth-order valence-corrected chi connectivity index (χ4v) is 1.61. The van der Waals surface area contributed by atoms with E-state index in [1.807, 2.05) is 0 Å². The van der Waals surface area contributed by atoms with Crippen molar-refractivity contribution in [2.24, 2.45) is 5.73 Å². The van der Waals surface area contributed by atoms with Crippen molar-refractivity contribution in [2.75, 3.05) is 13.2 Å². The van der Waals surface area contributed by atoms with Crippen LogP contribution >= 0.6 is 11.6 Å². The van der Waals surface area contributed by atoms with E-state index in [-0.39, 0.29) is 23.7 Å². The first-order valence-corrected chi connectivity index (χ1v) is 5.30. The van der Waals surface area contributed by atoms with Crippen molar-refractivity contribution in [3.63, 3.8) is 0 Å². The molecule has 0 heterocycles. The lowest BCUT2D eigenvalue weighted by Crippen LogP contribution is -2.35. The van der Waals surface area contributed by atoms with Gasteiger partial charge in [0.2, 0.25) is 0 Å². The van der Waals surface area contributed by atoms with Gasteiger partial charge < -0.3 is 10.8 Å². The minimum absolute atomic E-state index is 0.0250. The van der Waals surface area contributed by atoms with Gasteiger partial charge in [-0.05, 0) is 23.8 Å². The molecule has 0 aliphatic rings. The Morgan fingerprint density at radius 2 is 1.76 bits per heavy atom. The van der Waals surface area contributed by atoms with E-state index in [9.17, 15) is 18.3 Å². The normalized spacial score (nSPS) is 15.7. The van der Waals surface area contributed by atoms with E-state index in [1.165, 1.54) is 6.07 Å². The lowest BCUT2D eigenvalue weighted by Gasteiger charge is -2.27. The Kier molecular flexibility index (Phi) is 4.06. The van der Waals surface area contributed by atoms with Gasteiger partial charge in [0.1, 0.15) is 0 Å². The van der Waals surface area contributed by atoms with Gasteiger partial charge in [0.05, 0.1) is 12.2 Å². The molecule has 17 heavy (non-hydrogen) atoms. The van der Waals surface area contributed by atoms with E-state index in [1.54, 1.807) is 6.92 Å². The van der Waals surface area contributed by atoms with E-state index in [4.69, 9.17) is 17.3 Å². The molecular formula is C11H13ClF3NO. The molecule has 0 fully saturated rings. The van der Waals surface area contributed by atoms with Crippen LogP contribution in [0.1, 0.15) is 18.1 Å². The van der Waals surface area contributed by atoms with Crippen molar-refractivity contribution in [1.82, 2.24) is 0 Å². The van der Waals surface area contributed by atoms with Crippen LogP contribution in [0.2, 0.25) is 5.02 Å². The zero-order valence-electron chi connectivity index (χ0n) is 9.18. The smallest absolute Gasteiger partial charge is 0.395 e. The van der Waals surface area contributed by atoms with Crippen LogP contribution in [0, 0.1) is 0 Å². The van der Waals surface area contributed by atoms with Gasteiger partial charge in [-0.15, -0.1) is 0 Å². The largest absolute Gasteiger partial charge is 0.416 e. The second kappa shape index (κ2) is 4.84. The number of aliphatic hydroxyl groups is 1. The SMILES string of the molecule is CC(CN)(CO)c1cc(Cl)cc(C(F)(F)F)c1. The molecule has 0 aliphatic heterocycles. The zero-order valence-corrected chi connectivity index (χ0v) is 9.94. The van der Waals surface area contributed by atoms with Crippen molar-refractivity contribution in [1.29, 1.82) is 0 Å². The standard InChI is InChI=1S/C11H13ClF3NO/c1-10(5-16,6-17)7-2-8(11(13,14)15)4-9(12)3-7/h2-4,17H,5-6,16H2,1H3. The second-order valence-electron chi connectivity index (χ2n) is 4.15. The third-order valence-electron chi connectivity index (χ3n) is 2.72. The maximum Gasteiger partial charge on any atom is 0.416 e. The minimum atomic E-state index is -4.47.